The maximum absolute atomic E-state index is 10.9. The van der Waals surface area contributed by atoms with Gasteiger partial charge in [-0.3, -0.25) is 10.1 Å². The quantitative estimate of drug-likeness (QED) is 0.633. The molecule has 0 radical (unpaired) electrons. The molecule has 0 aliphatic carbocycles. The number of piperazine rings is 1. The molecule has 1 aliphatic rings. The lowest BCUT2D eigenvalue weighted by molar-refractivity contribution is -0.384. The summed E-state index contributed by atoms with van der Waals surface area (Å²) < 4.78 is 0. The zero-order valence-corrected chi connectivity index (χ0v) is 13.4. The largest absolute Gasteiger partial charge is 0.368 e. The van der Waals surface area contributed by atoms with Gasteiger partial charge >= 0.3 is 0 Å². The second kappa shape index (κ2) is 6.90. The first-order chi connectivity index (χ1) is 12.1. The number of nitrogens with zero attached hydrogens (tertiary/aromatic N) is 5. The molecule has 1 heterocycles. The molecular weight excluding hydrogens is 318 g/mol. The number of hydrogen-bond acceptors (Lipinski definition) is 6. The summed E-state index contributed by atoms with van der Waals surface area (Å²) in [6.45, 7) is 2.59. The van der Waals surface area contributed by atoms with Crippen LogP contribution in [0.2, 0.25) is 0 Å². The predicted molar refractivity (Wildman–Crippen MR) is 93.4 cm³/mol. The van der Waals surface area contributed by atoms with Crippen molar-refractivity contribution in [3.8, 4) is 12.1 Å². The number of benzene rings is 2. The first kappa shape index (κ1) is 16.3. The first-order valence-corrected chi connectivity index (χ1v) is 7.81. The lowest BCUT2D eigenvalue weighted by atomic mass is 10.1. The zero-order chi connectivity index (χ0) is 17.8. The third-order valence-electron chi connectivity index (χ3n) is 4.28. The van der Waals surface area contributed by atoms with Gasteiger partial charge in [-0.05, 0) is 18.2 Å². The Morgan fingerprint density at radius 3 is 2.04 bits per heavy atom. The van der Waals surface area contributed by atoms with Crippen LogP contribution < -0.4 is 9.80 Å². The number of nitro groups is 1. The Bertz CT molecular complexity index is 857. The Labute approximate surface area is 145 Å². The number of para-hydroxylation sites is 1. The summed E-state index contributed by atoms with van der Waals surface area (Å²) in [6.07, 6.45) is 0. The summed E-state index contributed by atoms with van der Waals surface area (Å²) in [6, 6.07) is 16.0. The molecule has 3 rings (SSSR count). The van der Waals surface area contributed by atoms with E-state index in [0.717, 1.165) is 5.69 Å². The molecule has 0 spiro atoms. The molecule has 1 fully saturated rings. The van der Waals surface area contributed by atoms with Gasteiger partial charge in [-0.25, -0.2) is 0 Å². The zero-order valence-electron chi connectivity index (χ0n) is 13.4. The Morgan fingerprint density at radius 2 is 1.48 bits per heavy atom. The van der Waals surface area contributed by atoms with Crippen LogP contribution in [0.5, 0.6) is 0 Å². The van der Waals surface area contributed by atoms with Crippen LogP contribution >= 0.6 is 0 Å². The minimum atomic E-state index is -0.401. The van der Waals surface area contributed by atoms with Crippen LogP contribution in [0.25, 0.3) is 0 Å². The molecule has 124 valence electrons. The van der Waals surface area contributed by atoms with Gasteiger partial charge in [0, 0.05) is 44.0 Å². The molecule has 0 saturated carbocycles. The third kappa shape index (κ3) is 3.22. The van der Waals surface area contributed by atoms with Crippen LogP contribution in [0.15, 0.2) is 42.5 Å². The van der Waals surface area contributed by atoms with E-state index in [1.807, 2.05) is 11.0 Å². The molecule has 0 bridgehead atoms. The summed E-state index contributed by atoms with van der Waals surface area (Å²) in [7, 11) is 0. The van der Waals surface area contributed by atoms with Crippen molar-refractivity contribution in [3.63, 3.8) is 0 Å². The van der Waals surface area contributed by atoms with Crippen molar-refractivity contribution in [2.45, 2.75) is 0 Å². The lowest BCUT2D eigenvalue weighted by Gasteiger charge is -2.37. The highest BCUT2D eigenvalue weighted by atomic mass is 16.6. The molecule has 0 atom stereocenters. The minimum Gasteiger partial charge on any atom is -0.368 e. The van der Waals surface area contributed by atoms with E-state index in [4.69, 9.17) is 0 Å². The highest BCUT2D eigenvalue weighted by Crippen LogP contribution is 2.28. The molecule has 1 saturated heterocycles. The molecule has 7 nitrogen and oxygen atoms in total. The van der Waals surface area contributed by atoms with Gasteiger partial charge < -0.3 is 9.80 Å². The van der Waals surface area contributed by atoms with Gasteiger partial charge in [0.05, 0.1) is 21.7 Å². The van der Waals surface area contributed by atoms with E-state index in [1.54, 1.807) is 30.3 Å². The molecule has 0 amide bonds. The van der Waals surface area contributed by atoms with Crippen molar-refractivity contribution in [3.05, 3.63) is 63.7 Å². The number of hydrogen-bond donors (Lipinski definition) is 0. The summed E-state index contributed by atoms with van der Waals surface area (Å²) in [5.74, 6) is 0. The first-order valence-electron chi connectivity index (χ1n) is 7.81. The molecule has 25 heavy (non-hydrogen) atoms. The SMILES string of the molecule is N#Cc1cccc(C#N)c1N1CCN(c2cccc([N+](=O)[O-])c2)CC1. The average molecular weight is 333 g/mol. The molecule has 0 aromatic heterocycles. The summed E-state index contributed by atoms with van der Waals surface area (Å²) in [5, 5.41) is 29.6. The van der Waals surface area contributed by atoms with Crippen molar-refractivity contribution in [1.82, 2.24) is 0 Å². The minimum absolute atomic E-state index is 0.0709. The molecule has 7 heteroatoms. The number of nitro benzene ring substituents is 1. The fourth-order valence-electron chi connectivity index (χ4n) is 3.06. The van der Waals surface area contributed by atoms with Gasteiger partial charge in [-0.2, -0.15) is 10.5 Å². The fourth-order valence-corrected chi connectivity index (χ4v) is 3.06. The number of rotatable bonds is 3. The van der Waals surface area contributed by atoms with Gasteiger partial charge in [0.15, 0.2) is 0 Å². The molecule has 0 N–H and O–H groups in total. The van der Waals surface area contributed by atoms with Gasteiger partial charge in [0.1, 0.15) is 12.1 Å². The monoisotopic (exact) mass is 333 g/mol. The topological polar surface area (TPSA) is 97.2 Å². The van der Waals surface area contributed by atoms with Crippen molar-refractivity contribution in [1.29, 1.82) is 10.5 Å². The molecule has 2 aromatic rings. The van der Waals surface area contributed by atoms with Gasteiger partial charge in [0.2, 0.25) is 0 Å². The van der Waals surface area contributed by atoms with E-state index in [-0.39, 0.29) is 5.69 Å². The number of anilines is 2. The Hall–Kier alpha value is -3.58. The van der Waals surface area contributed by atoms with Gasteiger partial charge in [0.25, 0.3) is 5.69 Å². The molecule has 1 aliphatic heterocycles. The fraction of sp³-hybridized carbons (Fsp3) is 0.222. The van der Waals surface area contributed by atoms with Crippen LogP contribution in [0.1, 0.15) is 11.1 Å². The van der Waals surface area contributed by atoms with E-state index in [9.17, 15) is 20.6 Å². The Balaban J connectivity index is 1.80. The van der Waals surface area contributed by atoms with E-state index in [0.29, 0.717) is 43.0 Å². The second-order valence-electron chi connectivity index (χ2n) is 5.68. The average Bonchev–Trinajstić information content (AvgIpc) is 2.67. The smallest absolute Gasteiger partial charge is 0.271 e. The van der Waals surface area contributed by atoms with Crippen LogP contribution in [-0.4, -0.2) is 31.1 Å². The standard InChI is InChI=1S/C18H15N5O2/c19-12-14-3-1-4-15(13-20)18(14)22-9-7-21(8-10-22)16-5-2-6-17(11-16)23(24)25/h1-6,11H,7-10H2. The maximum Gasteiger partial charge on any atom is 0.271 e. The highest BCUT2D eigenvalue weighted by molar-refractivity contribution is 5.69. The van der Waals surface area contributed by atoms with E-state index >= 15 is 0 Å². The van der Waals surface area contributed by atoms with Gasteiger partial charge in [-0.15, -0.1) is 0 Å². The van der Waals surface area contributed by atoms with E-state index in [2.05, 4.69) is 17.0 Å². The van der Waals surface area contributed by atoms with Crippen LogP contribution in [-0.2, 0) is 0 Å². The lowest BCUT2D eigenvalue weighted by Crippen LogP contribution is -2.47. The van der Waals surface area contributed by atoms with Gasteiger partial charge in [-0.1, -0.05) is 12.1 Å². The van der Waals surface area contributed by atoms with Crippen LogP contribution in [0.3, 0.4) is 0 Å². The summed E-state index contributed by atoms with van der Waals surface area (Å²) >= 11 is 0. The predicted octanol–water partition coefficient (Wildman–Crippen LogP) is 2.66. The Morgan fingerprint density at radius 1 is 0.920 bits per heavy atom. The number of nitriles is 2. The number of non-ortho nitro benzene ring substituents is 1. The second-order valence-corrected chi connectivity index (χ2v) is 5.68. The summed E-state index contributed by atoms with van der Waals surface area (Å²) in [4.78, 5) is 14.6. The Kier molecular flexibility index (Phi) is 4.49. The van der Waals surface area contributed by atoms with E-state index < -0.39 is 4.92 Å². The van der Waals surface area contributed by atoms with Crippen molar-refractivity contribution < 1.29 is 4.92 Å². The van der Waals surface area contributed by atoms with Crippen LogP contribution in [0, 0.1) is 32.8 Å². The maximum atomic E-state index is 10.9. The molecule has 0 unspecified atom stereocenters. The normalized spacial score (nSPS) is 13.8. The summed E-state index contributed by atoms with van der Waals surface area (Å²) in [5.41, 5.74) is 2.53. The van der Waals surface area contributed by atoms with Crippen molar-refractivity contribution in [2.24, 2.45) is 0 Å². The van der Waals surface area contributed by atoms with Crippen molar-refractivity contribution in [2.75, 3.05) is 36.0 Å². The molecule has 2 aromatic carbocycles. The third-order valence-corrected chi connectivity index (χ3v) is 4.28. The molecular formula is C18H15N5O2. The van der Waals surface area contributed by atoms with Crippen LogP contribution in [0.4, 0.5) is 17.1 Å². The van der Waals surface area contributed by atoms with E-state index in [1.165, 1.54) is 6.07 Å². The van der Waals surface area contributed by atoms with Crippen molar-refractivity contribution >= 4 is 17.1 Å². The highest BCUT2D eigenvalue weighted by Gasteiger charge is 2.22.